The zero-order valence-electron chi connectivity index (χ0n) is 8.58. The molecule has 0 bridgehead atoms. The van der Waals surface area contributed by atoms with Crippen molar-refractivity contribution in [2.24, 2.45) is 5.41 Å². The van der Waals surface area contributed by atoms with Crippen molar-refractivity contribution >= 4 is 0 Å². The minimum absolute atomic E-state index is 0.515. The van der Waals surface area contributed by atoms with E-state index in [-0.39, 0.29) is 0 Å². The van der Waals surface area contributed by atoms with Crippen LogP contribution in [0.1, 0.15) is 26.0 Å². The summed E-state index contributed by atoms with van der Waals surface area (Å²) in [4.78, 5) is 2.37. The standard InChI is InChI=1S/C11H17NO/c1-11(2)7-10(11)12(3)8-9-5-4-6-13-9/h4-6,10H,7-8H2,1-3H3. The fourth-order valence-electron chi connectivity index (χ4n) is 1.95. The second-order valence-corrected chi connectivity index (χ2v) is 4.70. The molecule has 0 saturated heterocycles. The van der Waals surface area contributed by atoms with Gasteiger partial charge in [-0.25, -0.2) is 0 Å². The third-order valence-corrected chi connectivity index (χ3v) is 2.98. The Bertz CT molecular complexity index is 276. The van der Waals surface area contributed by atoms with Crippen LogP contribution in [0.2, 0.25) is 0 Å². The van der Waals surface area contributed by atoms with Gasteiger partial charge in [0.2, 0.25) is 0 Å². The van der Waals surface area contributed by atoms with Crippen LogP contribution in [0.4, 0.5) is 0 Å². The van der Waals surface area contributed by atoms with Crippen molar-refractivity contribution in [3.8, 4) is 0 Å². The fraction of sp³-hybridized carbons (Fsp3) is 0.636. The summed E-state index contributed by atoms with van der Waals surface area (Å²) in [6.07, 6.45) is 3.05. The highest BCUT2D eigenvalue weighted by Crippen LogP contribution is 2.48. The number of nitrogens with zero attached hydrogens (tertiary/aromatic N) is 1. The van der Waals surface area contributed by atoms with Gasteiger partial charge in [0.1, 0.15) is 5.76 Å². The lowest BCUT2D eigenvalue weighted by atomic mass is 10.2. The molecule has 1 atom stereocenters. The van der Waals surface area contributed by atoms with Crippen molar-refractivity contribution in [3.63, 3.8) is 0 Å². The molecule has 1 aliphatic carbocycles. The molecule has 0 aromatic carbocycles. The van der Waals surface area contributed by atoms with Crippen LogP contribution in [0, 0.1) is 5.41 Å². The lowest BCUT2D eigenvalue weighted by Crippen LogP contribution is -2.23. The van der Waals surface area contributed by atoms with Gasteiger partial charge in [-0.15, -0.1) is 0 Å². The summed E-state index contributed by atoms with van der Waals surface area (Å²) in [5.41, 5.74) is 0.515. The van der Waals surface area contributed by atoms with E-state index in [9.17, 15) is 0 Å². The summed E-state index contributed by atoms with van der Waals surface area (Å²) >= 11 is 0. The molecule has 13 heavy (non-hydrogen) atoms. The molecule has 1 aliphatic rings. The fourth-order valence-corrected chi connectivity index (χ4v) is 1.95. The van der Waals surface area contributed by atoms with Gasteiger partial charge >= 0.3 is 0 Å². The van der Waals surface area contributed by atoms with Crippen molar-refractivity contribution in [1.82, 2.24) is 4.90 Å². The Morgan fingerprint density at radius 1 is 1.62 bits per heavy atom. The summed E-state index contributed by atoms with van der Waals surface area (Å²) in [6, 6.07) is 4.71. The molecule has 0 aliphatic heterocycles. The normalized spacial score (nSPS) is 25.1. The summed E-state index contributed by atoms with van der Waals surface area (Å²) in [5, 5.41) is 0. The Balaban J connectivity index is 1.90. The van der Waals surface area contributed by atoms with E-state index in [0.717, 1.165) is 18.3 Å². The molecule has 1 aromatic rings. The zero-order chi connectivity index (χ0) is 9.47. The van der Waals surface area contributed by atoms with Crippen LogP contribution >= 0.6 is 0 Å². The van der Waals surface area contributed by atoms with E-state index in [1.807, 2.05) is 12.1 Å². The van der Waals surface area contributed by atoms with Crippen molar-refractivity contribution < 1.29 is 4.42 Å². The minimum atomic E-state index is 0.515. The van der Waals surface area contributed by atoms with Crippen LogP contribution in [0.25, 0.3) is 0 Å². The van der Waals surface area contributed by atoms with Crippen LogP contribution < -0.4 is 0 Å². The maximum atomic E-state index is 5.31. The first-order chi connectivity index (χ1) is 6.09. The molecule has 0 N–H and O–H groups in total. The zero-order valence-corrected chi connectivity index (χ0v) is 8.58. The summed E-state index contributed by atoms with van der Waals surface area (Å²) in [6.45, 7) is 5.56. The molecule has 72 valence electrons. The van der Waals surface area contributed by atoms with E-state index in [0.29, 0.717) is 5.41 Å². The van der Waals surface area contributed by atoms with Crippen molar-refractivity contribution in [2.75, 3.05) is 7.05 Å². The summed E-state index contributed by atoms with van der Waals surface area (Å²) in [5.74, 6) is 1.06. The van der Waals surface area contributed by atoms with Gasteiger partial charge in [0, 0.05) is 6.04 Å². The van der Waals surface area contributed by atoms with Gasteiger partial charge in [0.25, 0.3) is 0 Å². The summed E-state index contributed by atoms with van der Waals surface area (Å²) in [7, 11) is 2.17. The van der Waals surface area contributed by atoms with Crippen molar-refractivity contribution in [2.45, 2.75) is 32.9 Å². The van der Waals surface area contributed by atoms with Crippen LogP contribution in [0.3, 0.4) is 0 Å². The average molecular weight is 179 g/mol. The first-order valence-corrected chi connectivity index (χ1v) is 4.82. The maximum Gasteiger partial charge on any atom is 0.117 e. The third-order valence-electron chi connectivity index (χ3n) is 2.98. The van der Waals surface area contributed by atoms with Crippen LogP contribution in [0.5, 0.6) is 0 Å². The minimum Gasteiger partial charge on any atom is -0.468 e. The molecule has 1 aromatic heterocycles. The van der Waals surface area contributed by atoms with Crippen molar-refractivity contribution in [1.29, 1.82) is 0 Å². The molecule has 1 fully saturated rings. The van der Waals surface area contributed by atoms with Gasteiger partial charge in [-0.05, 0) is 31.0 Å². The lowest BCUT2D eigenvalue weighted by Gasteiger charge is -2.16. The lowest BCUT2D eigenvalue weighted by molar-refractivity contribution is 0.257. The maximum absolute atomic E-state index is 5.31. The highest BCUT2D eigenvalue weighted by Gasteiger charge is 2.48. The molecule has 2 heteroatoms. The second kappa shape index (κ2) is 2.88. The van der Waals surface area contributed by atoms with E-state index in [2.05, 4.69) is 25.8 Å². The predicted octanol–water partition coefficient (Wildman–Crippen LogP) is 2.51. The number of hydrogen-bond acceptors (Lipinski definition) is 2. The van der Waals surface area contributed by atoms with Crippen LogP contribution in [-0.4, -0.2) is 18.0 Å². The van der Waals surface area contributed by atoms with Gasteiger partial charge in [-0.2, -0.15) is 0 Å². The highest BCUT2D eigenvalue weighted by molar-refractivity contribution is 5.05. The Labute approximate surface area is 79.5 Å². The van der Waals surface area contributed by atoms with Gasteiger partial charge in [-0.3, -0.25) is 4.90 Å². The van der Waals surface area contributed by atoms with E-state index < -0.39 is 0 Å². The topological polar surface area (TPSA) is 16.4 Å². The highest BCUT2D eigenvalue weighted by atomic mass is 16.3. The molecular formula is C11H17NO. The Hall–Kier alpha value is -0.760. The van der Waals surface area contributed by atoms with E-state index in [1.165, 1.54) is 6.42 Å². The first-order valence-electron chi connectivity index (χ1n) is 4.82. The van der Waals surface area contributed by atoms with Gasteiger partial charge in [-0.1, -0.05) is 13.8 Å². The van der Waals surface area contributed by atoms with Crippen LogP contribution in [0.15, 0.2) is 22.8 Å². The van der Waals surface area contributed by atoms with E-state index in [1.54, 1.807) is 6.26 Å². The molecule has 0 spiro atoms. The van der Waals surface area contributed by atoms with Gasteiger partial charge < -0.3 is 4.42 Å². The Morgan fingerprint density at radius 2 is 2.31 bits per heavy atom. The van der Waals surface area contributed by atoms with Crippen LogP contribution in [-0.2, 0) is 6.54 Å². The molecule has 0 radical (unpaired) electrons. The monoisotopic (exact) mass is 179 g/mol. The molecular weight excluding hydrogens is 162 g/mol. The van der Waals surface area contributed by atoms with E-state index in [4.69, 9.17) is 4.42 Å². The number of hydrogen-bond donors (Lipinski definition) is 0. The molecule has 2 rings (SSSR count). The van der Waals surface area contributed by atoms with Crippen molar-refractivity contribution in [3.05, 3.63) is 24.2 Å². The Morgan fingerprint density at radius 3 is 2.77 bits per heavy atom. The average Bonchev–Trinajstić information content (AvgIpc) is 2.49. The first kappa shape index (κ1) is 8.82. The third kappa shape index (κ3) is 1.78. The summed E-state index contributed by atoms with van der Waals surface area (Å²) < 4.78 is 5.31. The predicted molar refractivity (Wildman–Crippen MR) is 52.4 cm³/mol. The molecule has 2 nitrogen and oxygen atoms in total. The van der Waals surface area contributed by atoms with E-state index >= 15 is 0 Å². The largest absolute Gasteiger partial charge is 0.468 e. The van der Waals surface area contributed by atoms with Gasteiger partial charge in [0.05, 0.1) is 12.8 Å². The molecule has 0 amide bonds. The Kier molecular flexibility index (Phi) is 1.95. The molecule has 1 unspecified atom stereocenters. The molecule has 1 saturated carbocycles. The van der Waals surface area contributed by atoms with Gasteiger partial charge in [0.15, 0.2) is 0 Å². The smallest absolute Gasteiger partial charge is 0.117 e. The number of rotatable bonds is 3. The SMILES string of the molecule is CN(Cc1ccco1)C1CC1(C)C. The second-order valence-electron chi connectivity index (χ2n) is 4.70. The molecule has 1 heterocycles. The quantitative estimate of drug-likeness (QED) is 0.709. The number of furan rings is 1.